The zero-order valence-electron chi connectivity index (χ0n) is 22.8. The lowest BCUT2D eigenvalue weighted by molar-refractivity contribution is -0.142. The van der Waals surface area contributed by atoms with Gasteiger partial charge >= 0.3 is 0 Å². The van der Waals surface area contributed by atoms with Crippen molar-refractivity contribution in [3.05, 3.63) is 54.6 Å². The molecule has 0 aliphatic carbocycles. The second-order valence-corrected chi connectivity index (χ2v) is 10.7. The number of nitrogens with zero attached hydrogens (tertiary/aromatic N) is 2. The molecule has 1 aromatic carbocycles. The Morgan fingerprint density at radius 2 is 1.95 bits per heavy atom. The number of rotatable bonds is 15. The maximum atomic E-state index is 13.7. The normalized spacial score (nSPS) is 16.7. The van der Waals surface area contributed by atoms with Crippen molar-refractivity contribution in [2.75, 3.05) is 19.8 Å². The predicted molar refractivity (Wildman–Crippen MR) is 148 cm³/mol. The average molecular weight is 539 g/mol. The minimum atomic E-state index is -1.13. The Labute approximate surface area is 229 Å². The Bertz CT molecular complexity index is 1210. The van der Waals surface area contributed by atoms with Gasteiger partial charge in [-0.25, -0.2) is 4.39 Å². The second-order valence-electron chi connectivity index (χ2n) is 10.7. The van der Waals surface area contributed by atoms with Gasteiger partial charge < -0.3 is 16.0 Å². The summed E-state index contributed by atoms with van der Waals surface area (Å²) in [6, 6.07) is 6.57. The molecule has 1 aliphatic heterocycles. The number of pyridine rings is 1. The Hall–Kier alpha value is -3.62. The average Bonchev–Trinajstić information content (AvgIpc) is 3.42. The van der Waals surface area contributed by atoms with E-state index in [2.05, 4.69) is 16.9 Å². The van der Waals surface area contributed by atoms with Gasteiger partial charge in [0, 0.05) is 61.1 Å². The fraction of sp³-hybridized carbons (Fsp3) is 0.500. The Kier molecular flexibility index (Phi) is 10.7. The Morgan fingerprint density at radius 3 is 2.64 bits per heavy atom. The third-order valence-corrected chi connectivity index (χ3v) is 7.51. The second kappa shape index (κ2) is 14.0. The molecule has 1 amide bonds. The van der Waals surface area contributed by atoms with E-state index >= 15 is 0 Å². The van der Waals surface area contributed by atoms with E-state index in [0.29, 0.717) is 50.2 Å². The van der Waals surface area contributed by atoms with Crippen LogP contribution < -0.4 is 11.1 Å². The topological polar surface area (TPSA) is 122 Å². The fourth-order valence-corrected chi connectivity index (χ4v) is 5.22. The van der Waals surface area contributed by atoms with Gasteiger partial charge in [0.1, 0.15) is 6.67 Å². The van der Waals surface area contributed by atoms with E-state index < -0.39 is 30.3 Å². The van der Waals surface area contributed by atoms with Crippen LogP contribution in [0, 0.1) is 17.8 Å². The molecule has 39 heavy (non-hydrogen) atoms. The third kappa shape index (κ3) is 7.94. The Morgan fingerprint density at radius 1 is 1.18 bits per heavy atom. The quantitative estimate of drug-likeness (QED) is 0.260. The summed E-state index contributed by atoms with van der Waals surface area (Å²) in [7, 11) is 0. The molecule has 1 aliphatic rings. The molecule has 3 N–H and O–H groups in total. The summed E-state index contributed by atoms with van der Waals surface area (Å²) in [5.74, 6) is -2.35. The summed E-state index contributed by atoms with van der Waals surface area (Å²) in [4.78, 5) is 58.1. The number of halogens is 1. The lowest BCUT2D eigenvalue weighted by Crippen LogP contribution is -2.45. The molecule has 3 rings (SSSR count). The smallest absolute Gasteiger partial charge is 0.227 e. The van der Waals surface area contributed by atoms with Crippen LogP contribution >= 0.6 is 0 Å². The summed E-state index contributed by atoms with van der Waals surface area (Å²) in [5.41, 5.74) is 6.01. The van der Waals surface area contributed by atoms with Gasteiger partial charge in [-0.15, -0.1) is 0 Å². The lowest BCUT2D eigenvalue weighted by Gasteiger charge is -2.30. The molecule has 0 unspecified atom stereocenters. The Balaban J connectivity index is 1.68. The van der Waals surface area contributed by atoms with Gasteiger partial charge in [0.05, 0.1) is 11.9 Å². The van der Waals surface area contributed by atoms with Crippen LogP contribution in [0.5, 0.6) is 0 Å². The molecule has 8 nitrogen and oxygen atoms in total. The molecule has 2 heterocycles. The van der Waals surface area contributed by atoms with Crippen molar-refractivity contribution in [3.8, 4) is 0 Å². The van der Waals surface area contributed by atoms with E-state index in [4.69, 9.17) is 5.73 Å². The molecule has 9 heteroatoms. The highest BCUT2D eigenvalue weighted by Crippen LogP contribution is 2.29. The zero-order chi connectivity index (χ0) is 28.5. The molecule has 0 radical (unpaired) electrons. The van der Waals surface area contributed by atoms with Crippen LogP contribution in [0.1, 0.15) is 62.7 Å². The van der Waals surface area contributed by atoms with E-state index in [0.717, 1.165) is 10.8 Å². The number of alkyl halides is 1. The number of aromatic nitrogens is 1. The third-order valence-electron chi connectivity index (χ3n) is 7.51. The van der Waals surface area contributed by atoms with Crippen molar-refractivity contribution in [2.45, 2.75) is 58.4 Å². The number of Topliss-reactive ketones (excluding diaryl/α,β-unsaturated/α-hetero) is 3. The molecular formula is C30H39FN4O4. The number of hydrogen-bond acceptors (Lipinski definition) is 7. The van der Waals surface area contributed by atoms with Crippen molar-refractivity contribution in [2.24, 2.45) is 23.5 Å². The molecule has 3 atom stereocenters. The number of hydrogen-bond donors (Lipinski definition) is 2. The van der Waals surface area contributed by atoms with E-state index in [1.807, 2.05) is 32.0 Å². The summed E-state index contributed by atoms with van der Waals surface area (Å²) in [6.07, 6.45) is 5.33. The first-order valence-electron chi connectivity index (χ1n) is 13.6. The molecule has 1 aromatic heterocycles. The van der Waals surface area contributed by atoms with Crippen LogP contribution in [-0.4, -0.2) is 58.9 Å². The van der Waals surface area contributed by atoms with Crippen LogP contribution in [-0.2, 0) is 14.4 Å². The van der Waals surface area contributed by atoms with Gasteiger partial charge in [-0.05, 0) is 49.1 Å². The van der Waals surface area contributed by atoms with Crippen LogP contribution in [0.3, 0.4) is 0 Å². The number of benzene rings is 1. The minimum absolute atomic E-state index is 0.0346. The highest BCUT2D eigenvalue weighted by molar-refractivity contribution is 6.02. The SMILES string of the molecule is C=C(N)NCCC[C@H](CC(=O)[C@@H]1CCCN1C(=O)[C@@H](CC(=O)c1ccc2cnccc2c1)C(C)C)C(=O)CF. The molecule has 210 valence electrons. The zero-order valence-corrected chi connectivity index (χ0v) is 22.8. The summed E-state index contributed by atoms with van der Waals surface area (Å²) >= 11 is 0. The first-order chi connectivity index (χ1) is 18.6. The predicted octanol–water partition coefficient (Wildman–Crippen LogP) is 3.98. The highest BCUT2D eigenvalue weighted by Gasteiger charge is 2.39. The van der Waals surface area contributed by atoms with E-state index in [9.17, 15) is 23.6 Å². The maximum Gasteiger partial charge on any atom is 0.227 e. The van der Waals surface area contributed by atoms with Crippen LogP contribution in [0.25, 0.3) is 10.8 Å². The summed E-state index contributed by atoms with van der Waals surface area (Å²) < 4.78 is 13.2. The van der Waals surface area contributed by atoms with Crippen LogP contribution in [0.2, 0.25) is 0 Å². The van der Waals surface area contributed by atoms with E-state index in [-0.39, 0.29) is 36.2 Å². The van der Waals surface area contributed by atoms with Crippen molar-refractivity contribution in [3.63, 3.8) is 0 Å². The van der Waals surface area contributed by atoms with Gasteiger partial charge in [0.2, 0.25) is 5.91 Å². The summed E-state index contributed by atoms with van der Waals surface area (Å²) in [5, 5.41) is 4.68. The maximum absolute atomic E-state index is 13.7. The number of likely N-dealkylation sites (tertiary alicyclic amines) is 1. The molecule has 1 fully saturated rings. The van der Waals surface area contributed by atoms with Crippen molar-refractivity contribution < 1.29 is 23.6 Å². The number of amides is 1. The van der Waals surface area contributed by atoms with Crippen molar-refractivity contribution in [1.82, 2.24) is 15.2 Å². The number of nitrogens with one attached hydrogen (secondary N) is 1. The number of carbonyl (C=O) groups excluding carboxylic acids is 4. The highest BCUT2D eigenvalue weighted by atomic mass is 19.1. The van der Waals surface area contributed by atoms with Crippen LogP contribution in [0.4, 0.5) is 4.39 Å². The van der Waals surface area contributed by atoms with Crippen molar-refractivity contribution in [1.29, 1.82) is 0 Å². The van der Waals surface area contributed by atoms with E-state index in [1.165, 1.54) is 0 Å². The lowest BCUT2D eigenvalue weighted by atomic mass is 9.86. The summed E-state index contributed by atoms with van der Waals surface area (Å²) in [6.45, 7) is 7.09. The van der Waals surface area contributed by atoms with Gasteiger partial charge in [0.15, 0.2) is 17.3 Å². The molecule has 0 bridgehead atoms. The number of nitrogens with two attached hydrogens (primary N) is 1. The van der Waals surface area contributed by atoms with Crippen LogP contribution in [0.15, 0.2) is 49.1 Å². The minimum Gasteiger partial charge on any atom is -0.386 e. The van der Waals surface area contributed by atoms with Crippen molar-refractivity contribution >= 4 is 34.0 Å². The molecule has 1 saturated heterocycles. The van der Waals surface area contributed by atoms with Gasteiger partial charge in [-0.3, -0.25) is 24.2 Å². The van der Waals surface area contributed by atoms with E-state index in [1.54, 1.807) is 23.4 Å². The fourth-order valence-electron chi connectivity index (χ4n) is 5.22. The number of carbonyl (C=O) groups is 4. The largest absolute Gasteiger partial charge is 0.386 e. The molecule has 0 saturated carbocycles. The van der Waals surface area contributed by atoms with Gasteiger partial charge in [-0.2, -0.15) is 0 Å². The standard InChI is InChI=1S/C30H39FN4O4/c1-19(2)25(16-27(36)23-8-9-24-18-33-12-10-21(24)14-23)30(39)35-13-5-7-26(35)28(37)15-22(29(38)17-31)6-4-11-34-20(3)32/h8-10,12,14,18-19,22,25-26,34H,3-7,11,13,15-17,32H2,1-2H3/t22-,25+,26+/m1/s1. The molecule has 2 aromatic rings. The van der Waals surface area contributed by atoms with Gasteiger partial charge in [0.25, 0.3) is 0 Å². The first-order valence-corrected chi connectivity index (χ1v) is 13.6. The van der Waals surface area contributed by atoms with Gasteiger partial charge in [-0.1, -0.05) is 32.6 Å². The monoisotopic (exact) mass is 538 g/mol. The number of ketones is 3. The first kappa shape index (κ1) is 29.9. The number of fused-ring (bicyclic) bond motifs is 1. The molecule has 0 spiro atoms. The molecular weight excluding hydrogens is 499 g/mol.